The van der Waals surface area contributed by atoms with E-state index in [2.05, 4.69) is 19.8 Å². The third kappa shape index (κ3) is 3.80. The summed E-state index contributed by atoms with van der Waals surface area (Å²) in [4.78, 5) is 25.9. The van der Waals surface area contributed by atoms with Crippen LogP contribution in [0.4, 0.5) is 0 Å². The second-order valence-corrected chi connectivity index (χ2v) is 7.41. The highest BCUT2D eigenvalue weighted by Crippen LogP contribution is 2.32. The molecule has 6 nitrogen and oxygen atoms in total. The van der Waals surface area contributed by atoms with E-state index in [1.807, 2.05) is 31.3 Å². The van der Waals surface area contributed by atoms with Crippen LogP contribution in [0.25, 0.3) is 0 Å². The molecule has 2 aliphatic heterocycles. The Kier molecular flexibility index (Phi) is 5.02. The van der Waals surface area contributed by atoms with Gasteiger partial charge in [-0.1, -0.05) is 6.07 Å². The summed E-state index contributed by atoms with van der Waals surface area (Å²) in [6, 6.07) is 6.34. The minimum absolute atomic E-state index is 0.308. The van der Waals surface area contributed by atoms with Crippen molar-refractivity contribution in [1.29, 1.82) is 0 Å². The van der Waals surface area contributed by atoms with Gasteiger partial charge in [-0.2, -0.15) is 0 Å². The molecule has 0 spiro atoms. The number of pyridine rings is 1. The number of amides is 1. The number of carbonyl (C=O) groups excluding carboxylic acids is 1. The number of aromatic nitrogens is 2. The summed E-state index contributed by atoms with van der Waals surface area (Å²) in [7, 11) is 0. The fraction of sp³-hybridized carbons (Fsp3) is 0.550. The average molecular weight is 354 g/mol. The number of oxazole rings is 1. The van der Waals surface area contributed by atoms with Gasteiger partial charge in [0.2, 0.25) is 5.91 Å². The topological polar surface area (TPSA) is 62.5 Å². The standard InChI is InChI=1S/C20H26N4O2/c1-15-22-18(14-26-15)13-23-10-8-19-16(12-23)5-6-20(25)24(19)11-7-17-4-2-3-9-21-17/h2-4,9,14,16,19H,5-8,10-13H2,1H3/t16-,19+/m0/s1. The molecule has 0 aliphatic carbocycles. The Labute approximate surface area is 154 Å². The first-order valence-electron chi connectivity index (χ1n) is 9.52. The lowest BCUT2D eigenvalue weighted by molar-refractivity contribution is -0.141. The predicted molar refractivity (Wildman–Crippen MR) is 97.3 cm³/mol. The molecule has 4 heterocycles. The maximum atomic E-state index is 12.5. The van der Waals surface area contributed by atoms with Crippen molar-refractivity contribution in [2.24, 2.45) is 5.92 Å². The van der Waals surface area contributed by atoms with E-state index in [-0.39, 0.29) is 0 Å². The van der Waals surface area contributed by atoms with Crippen LogP contribution >= 0.6 is 0 Å². The normalized spacial score (nSPS) is 23.9. The van der Waals surface area contributed by atoms with Gasteiger partial charge < -0.3 is 9.32 Å². The van der Waals surface area contributed by atoms with Crippen LogP contribution in [0.3, 0.4) is 0 Å². The van der Waals surface area contributed by atoms with Gasteiger partial charge in [-0.25, -0.2) is 4.98 Å². The number of fused-ring (bicyclic) bond motifs is 1. The molecule has 2 fully saturated rings. The first kappa shape index (κ1) is 17.2. The van der Waals surface area contributed by atoms with Gasteiger partial charge in [0, 0.05) is 63.9 Å². The highest BCUT2D eigenvalue weighted by molar-refractivity contribution is 5.77. The van der Waals surface area contributed by atoms with Crippen molar-refractivity contribution in [2.45, 2.75) is 45.2 Å². The lowest BCUT2D eigenvalue weighted by atomic mass is 9.83. The lowest BCUT2D eigenvalue weighted by Crippen LogP contribution is -2.56. The van der Waals surface area contributed by atoms with Crippen molar-refractivity contribution >= 4 is 5.91 Å². The zero-order valence-corrected chi connectivity index (χ0v) is 15.3. The van der Waals surface area contributed by atoms with Crippen molar-refractivity contribution in [1.82, 2.24) is 19.8 Å². The van der Waals surface area contributed by atoms with Gasteiger partial charge in [-0.3, -0.25) is 14.7 Å². The molecule has 2 atom stereocenters. The molecule has 2 aromatic rings. The third-order valence-electron chi connectivity index (χ3n) is 5.61. The van der Waals surface area contributed by atoms with Gasteiger partial charge in [-0.05, 0) is 30.9 Å². The van der Waals surface area contributed by atoms with Crippen molar-refractivity contribution in [2.75, 3.05) is 19.6 Å². The van der Waals surface area contributed by atoms with Gasteiger partial charge in [0.1, 0.15) is 6.26 Å². The molecule has 0 bridgehead atoms. The Hall–Kier alpha value is -2.21. The number of hydrogen-bond donors (Lipinski definition) is 0. The zero-order valence-electron chi connectivity index (χ0n) is 15.3. The SMILES string of the molecule is Cc1nc(CN2CC[C@@H]3[C@@H](CCC(=O)N3CCc3ccccn3)C2)co1. The largest absolute Gasteiger partial charge is 0.449 e. The number of nitrogens with zero attached hydrogens (tertiary/aromatic N) is 4. The molecule has 4 rings (SSSR count). The first-order chi connectivity index (χ1) is 12.7. The Morgan fingerprint density at radius 2 is 2.19 bits per heavy atom. The van der Waals surface area contributed by atoms with Gasteiger partial charge in [0.15, 0.2) is 5.89 Å². The van der Waals surface area contributed by atoms with Crippen molar-refractivity contribution in [3.8, 4) is 0 Å². The summed E-state index contributed by atoms with van der Waals surface area (Å²) in [6.45, 7) is 5.52. The molecule has 0 saturated carbocycles. The fourth-order valence-electron chi connectivity index (χ4n) is 4.35. The maximum absolute atomic E-state index is 12.5. The molecule has 2 saturated heterocycles. The minimum atomic E-state index is 0.308. The molecule has 0 radical (unpaired) electrons. The monoisotopic (exact) mass is 354 g/mol. The number of piperidine rings is 2. The van der Waals surface area contributed by atoms with E-state index in [4.69, 9.17) is 4.42 Å². The quantitative estimate of drug-likeness (QED) is 0.825. The van der Waals surface area contributed by atoms with Gasteiger partial charge in [0.05, 0.1) is 5.69 Å². The summed E-state index contributed by atoms with van der Waals surface area (Å²) in [5, 5.41) is 0. The predicted octanol–water partition coefficient (Wildman–Crippen LogP) is 2.43. The van der Waals surface area contributed by atoms with Crippen LogP contribution in [0.5, 0.6) is 0 Å². The molecule has 2 aromatic heterocycles. The van der Waals surface area contributed by atoms with Crippen LogP contribution in [0.1, 0.15) is 36.5 Å². The van der Waals surface area contributed by atoms with E-state index in [0.29, 0.717) is 24.3 Å². The Morgan fingerprint density at radius 1 is 1.27 bits per heavy atom. The summed E-state index contributed by atoms with van der Waals surface area (Å²) in [5.74, 6) is 1.58. The third-order valence-corrected chi connectivity index (χ3v) is 5.61. The molecule has 138 valence electrons. The van der Waals surface area contributed by atoms with Gasteiger partial charge >= 0.3 is 0 Å². The number of carbonyl (C=O) groups is 1. The van der Waals surface area contributed by atoms with Crippen LogP contribution in [0.2, 0.25) is 0 Å². The Morgan fingerprint density at radius 3 is 2.96 bits per heavy atom. The zero-order chi connectivity index (χ0) is 17.9. The fourth-order valence-corrected chi connectivity index (χ4v) is 4.35. The highest BCUT2D eigenvalue weighted by Gasteiger charge is 2.39. The molecule has 0 unspecified atom stereocenters. The van der Waals surface area contributed by atoms with Crippen molar-refractivity contribution in [3.63, 3.8) is 0 Å². The van der Waals surface area contributed by atoms with Crippen molar-refractivity contribution < 1.29 is 9.21 Å². The molecular weight excluding hydrogens is 328 g/mol. The van der Waals surface area contributed by atoms with Crippen LogP contribution in [-0.4, -0.2) is 51.4 Å². The summed E-state index contributed by atoms with van der Waals surface area (Å²) >= 11 is 0. The highest BCUT2D eigenvalue weighted by atomic mass is 16.3. The van der Waals surface area contributed by atoms with E-state index in [1.165, 1.54) is 0 Å². The molecule has 1 amide bonds. The number of rotatable bonds is 5. The molecule has 2 aliphatic rings. The summed E-state index contributed by atoms with van der Waals surface area (Å²) in [6.07, 6.45) is 7.11. The molecule has 26 heavy (non-hydrogen) atoms. The molecule has 0 N–H and O–H groups in total. The Balaban J connectivity index is 1.37. The molecule has 6 heteroatoms. The summed E-state index contributed by atoms with van der Waals surface area (Å²) in [5.41, 5.74) is 2.06. The molecule has 0 aromatic carbocycles. The van der Waals surface area contributed by atoms with E-state index in [9.17, 15) is 4.79 Å². The maximum Gasteiger partial charge on any atom is 0.222 e. The van der Waals surface area contributed by atoms with E-state index < -0.39 is 0 Å². The smallest absolute Gasteiger partial charge is 0.222 e. The van der Waals surface area contributed by atoms with E-state index in [0.717, 1.165) is 62.7 Å². The van der Waals surface area contributed by atoms with E-state index >= 15 is 0 Å². The minimum Gasteiger partial charge on any atom is -0.449 e. The van der Waals surface area contributed by atoms with Crippen LogP contribution in [0, 0.1) is 12.8 Å². The number of aryl methyl sites for hydroxylation is 1. The lowest BCUT2D eigenvalue weighted by Gasteiger charge is -2.47. The average Bonchev–Trinajstić information content (AvgIpc) is 3.06. The number of likely N-dealkylation sites (tertiary alicyclic amines) is 2. The first-order valence-corrected chi connectivity index (χ1v) is 9.52. The van der Waals surface area contributed by atoms with Crippen LogP contribution < -0.4 is 0 Å². The number of hydrogen-bond acceptors (Lipinski definition) is 5. The van der Waals surface area contributed by atoms with E-state index in [1.54, 1.807) is 6.26 Å². The Bertz CT molecular complexity index is 745. The molecular formula is C20H26N4O2. The second kappa shape index (κ2) is 7.58. The van der Waals surface area contributed by atoms with Gasteiger partial charge in [-0.15, -0.1) is 0 Å². The second-order valence-electron chi connectivity index (χ2n) is 7.41. The van der Waals surface area contributed by atoms with Crippen LogP contribution in [-0.2, 0) is 17.8 Å². The van der Waals surface area contributed by atoms with Gasteiger partial charge in [0.25, 0.3) is 0 Å². The van der Waals surface area contributed by atoms with Crippen molar-refractivity contribution in [3.05, 3.63) is 47.9 Å². The summed E-state index contributed by atoms with van der Waals surface area (Å²) < 4.78 is 5.32. The van der Waals surface area contributed by atoms with Crippen LogP contribution in [0.15, 0.2) is 35.1 Å².